The van der Waals surface area contributed by atoms with Crippen LogP contribution in [0.2, 0.25) is 0 Å². The zero-order valence-electron chi connectivity index (χ0n) is 8.86. The molecule has 0 fully saturated rings. The van der Waals surface area contributed by atoms with Gasteiger partial charge in [-0.2, -0.15) is 0 Å². The van der Waals surface area contributed by atoms with Gasteiger partial charge in [0.15, 0.2) is 0 Å². The van der Waals surface area contributed by atoms with Crippen LogP contribution in [0.25, 0.3) is 5.52 Å². The molecule has 0 saturated heterocycles. The Balaban J connectivity index is 2.53. The molecule has 0 aromatic carbocycles. The molecule has 2 aromatic heterocycles. The first-order valence-electron chi connectivity index (χ1n) is 4.98. The fourth-order valence-electron chi connectivity index (χ4n) is 1.68. The monoisotopic (exact) mass is 203 g/mol. The third kappa shape index (κ3) is 1.61. The number of nitrogens with zero attached hydrogens (tertiary/aromatic N) is 1. The molecule has 0 radical (unpaired) electrons. The third-order valence-electron chi connectivity index (χ3n) is 2.43. The van der Waals surface area contributed by atoms with E-state index in [1.807, 2.05) is 48.7 Å². The molecule has 0 aliphatic heterocycles. The van der Waals surface area contributed by atoms with Gasteiger partial charge in [-0.15, -0.1) is 0 Å². The molecule has 2 aromatic rings. The quantitative estimate of drug-likeness (QED) is 0.702. The second kappa shape index (κ2) is 3.77. The molecule has 0 atom stereocenters. The smallest absolute Gasteiger partial charge is 0.339 e. The number of hydrogen-bond donors (Lipinski definition) is 0. The number of fused-ring (bicyclic) bond motifs is 1. The highest BCUT2D eigenvalue weighted by atomic mass is 16.5. The lowest BCUT2D eigenvalue weighted by atomic mass is 10.2. The van der Waals surface area contributed by atoms with Crippen LogP contribution >= 0.6 is 0 Å². The number of esters is 1. The van der Waals surface area contributed by atoms with Crippen molar-refractivity contribution in [1.29, 1.82) is 0 Å². The molecule has 3 nitrogen and oxygen atoms in total. The van der Waals surface area contributed by atoms with E-state index in [0.717, 1.165) is 11.2 Å². The minimum absolute atomic E-state index is 0.251. The van der Waals surface area contributed by atoms with Crippen LogP contribution in [0.4, 0.5) is 0 Å². The number of pyridine rings is 1. The molecule has 15 heavy (non-hydrogen) atoms. The Kier molecular flexibility index (Phi) is 2.46. The van der Waals surface area contributed by atoms with Gasteiger partial charge in [-0.05, 0) is 32.0 Å². The first kappa shape index (κ1) is 9.77. The molecular formula is C12H13NO2. The fraction of sp³-hybridized carbons (Fsp3) is 0.250. The number of carbonyl (C=O) groups is 1. The van der Waals surface area contributed by atoms with Crippen LogP contribution in [0.5, 0.6) is 0 Å². The Morgan fingerprint density at radius 2 is 2.27 bits per heavy atom. The van der Waals surface area contributed by atoms with Gasteiger partial charge in [0, 0.05) is 17.4 Å². The summed E-state index contributed by atoms with van der Waals surface area (Å²) in [6.45, 7) is 4.13. The highest BCUT2D eigenvalue weighted by Crippen LogP contribution is 2.16. The van der Waals surface area contributed by atoms with E-state index in [1.54, 1.807) is 0 Å². The number of ether oxygens (including phenoxy) is 1. The zero-order valence-corrected chi connectivity index (χ0v) is 8.86. The van der Waals surface area contributed by atoms with Gasteiger partial charge in [-0.1, -0.05) is 6.07 Å². The Bertz CT molecular complexity index is 499. The molecule has 0 spiro atoms. The Labute approximate surface area is 88.3 Å². The summed E-state index contributed by atoms with van der Waals surface area (Å²) in [4.78, 5) is 11.6. The van der Waals surface area contributed by atoms with Crippen molar-refractivity contribution in [3.05, 3.63) is 41.7 Å². The lowest BCUT2D eigenvalue weighted by Gasteiger charge is -2.00. The fourth-order valence-corrected chi connectivity index (χ4v) is 1.68. The average molecular weight is 203 g/mol. The molecule has 0 bridgehead atoms. The van der Waals surface area contributed by atoms with Crippen molar-refractivity contribution in [2.75, 3.05) is 6.61 Å². The van der Waals surface area contributed by atoms with Gasteiger partial charge in [-0.25, -0.2) is 4.79 Å². The van der Waals surface area contributed by atoms with E-state index in [1.165, 1.54) is 0 Å². The summed E-state index contributed by atoms with van der Waals surface area (Å²) < 4.78 is 6.96. The van der Waals surface area contributed by atoms with Crippen LogP contribution in [-0.2, 0) is 4.74 Å². The molecular weight excluding hydrogens is 190 g/mol. The Morgan fingerprint density at radius 1 is 1.47 bits per heavy atom. The lowest BCUT2D eigenvalue weighted by molar-refractivity contribution is 0.0525. The highest BCUT2D eigenvalue weighted by Gasteiger charge is 2.13. The predicted octanol–water partition coefficient (Wildman–Crippen LogP) is 2.42. The van der Waals surface area contributed by atoms with Crippen molar-refractivity contribution < 1.29 is 9.53 Å². The standard InChI is InChI=1S/C12H13NO2/c1-3-15-12(14)11-8-10-6-4-5-7-13(10)9(11)2/h4-8H,3H2,1-2H3. The van der Waals surface area contributed by atoms with E-state index < -0.39 is 0 Å². The van der Waals surface area contributed by atoms with Gasteiger partial charge in [0.05, 0.1) is 12.2 Å². The van der Waals surface area contributed by atoms with Crippen molar-refractivity contribution in [2.24, 2.45) is 0 Å². The van der Waals surface area contributed by atoms with Crippen LogP contribution in [0, 0.1) is 6.92 Å². The Morgan fingerprint density at radius 3 is 2.93 bits per heavy atom. The van der Waals surface area contributed by atoms with Crippen molar-refractivity contribution >= 4 is 11.5 Å². The molecule has 0 aliphatic rings. The minimum atomic E-state index is -0.251. The lowest BCUT2D eigenvalue weighted by Crippen LogP contribution is -2.05. The number of carbonyl (C=O) groups excluding carboxylic acids is 1. The molecule has 2 heterocycles. The number of hydrogen-bond acceptors (Lipinski definition) is 2. The molecule has 0 N–H and O–H groups in total. The van der Waals surface area contributed by atoms with Crippen LogP contribution in [0.1, 0.15) is 23.0 Å². The highest BCUT2D eigenvalue weighted by molar-refractivity contribution is 5.92. The largest absolute Gasteiger partial charge is 0.462 e. The van der Waals surface area contributed by atoms with Crippen molar-refractivity contribution in [3.63, 3.8) is 0 Å². The first-order chi connectivity index (χ1) is 7.24. The molecule has 0 aliphatic carbocycles. The van der Waals surface area contributed by atoms with Gasteiger partial charge in [0.1, 0.15) is 0 Å². The van der Waals surface area contributed by atoms with Gasteiger partial charge < -0.3 is 9.14 Å². The number of rotatable bonds is 2. The summed E-state index contributed by atoms with van der Waals surface area (Å²) in [7, 11) is 0. The van der Waals surface area contributed by atoms with Gasteiger partial charge >= 0.3 is 5.97 Å². The van der Waals surface area contributed by atoms with E-state index in [0.29, 0.717) is 12.2 Å². The van der Waals surface area contributed by atoms with E-state index >= 15 is 0 Å². The molecule has 78 valence electrons. The summed E-state index contributed by atoms with van der Waals surface area (Å²) in [6.07, 6.45) is 1.94. The maximum absolute atomic E-state index is 11.6. The number of aryl methyl sites for hydroxylation is 1. The second-order valence-corrected chi connectivity index (χ2v) is 3.36. The maximum atomic E-state index is 11.6. The zero-order chi connectivity index (χ0) is 10.8. The van der Waals surface area contributed by atoms with Crippen LogP contribution in [0.3, 0.4) is 0 Å². The van der Waals surface area contributed by atoms with Crippen molar-refractivity contribution in [1.82, 2.24) is 4.40 Å². The summed E-state index contributed by atoms with van der Waals surface area (Å²) in [5.41, 5.74) is 2.57. The third-order valence-corrected chi connectivity index (χ3v) is 2.43. The van der Waals surface area contributed by atoms with E-state index in [2.05, 4.69) is 0 Å². The van der Waals surface area contributed by atoms with E-state index in [-0.39, 0.29) is 5.97 Å². The van der Waals surface area contributed by atoms with Crippen molar-refractivity contribution in [3.8, 4) is 0 Å². The molecule has 3 heteroatoms. The normalized spacial score (nSPS) is 10.5. The number of aromatic nitrogens is 1. The molecule has 2 rings (SSSR count). The van der Waals surface area contributed by atoms with Gasteiger partial charge in [0.25, 0.3) is 0 Å². The van der Waals surface area contributed by atoms with E-state index in [9.17, 15) is 4.79 Å². The summed E-state index contributed by atoms with van der Waals surface area (Å²) >= 11 is 0. The van der Waals surface area contributed by atoms with Crippen LogP contribution in [0.15, 0.2) is 30.5 Å². The second-order valence-electron chi connectivity index (χ2n) is 3.36. The van der Waals surface area contributed by atoms with Crippen LogP contribution < -0.4 is 0 Å². The average Bonchev–Trinajstić information content (AvgIpc) is 2.57. The maximum Gasteiger partial charge on any atom is 0.339 e. The van der Waals surface area contributed by atoms with E-state index in [4.69, 9.17) is 4.74 Å². The molecule has 0 unspecified atom stereocenters. The SMILES string of the molecule is CCOC(=O)c1cc2ccccn2c1C. The Hall–Kier alpha value is -1.77. The summed E-state index contributed by atoms with van der Waals surface area (Å²) in [5.74, 6) is -0.251. The van der Waals surface area contributed by atoms with Gasteiger partial charge in [-0.3, -0.25) is 0 Å². The molecule has 0 saturated carbocycles. The predicted molar refractivity (Wildman–Crippen MR) is 58.1 cm³/mol. The first-order valence-corrected chi connectivity index (χ1v) is 4.98. The van der Waals surface area contributed by atoms with Crippen LogP contribution in [-0.4, -0.2) is 17.0 Å². The summed E-state index contributed by atoms with van der Waals surface area (Å²) in [5, 5.41) is 0. The molecule has 0 amide bonds. The van der Waals surface area contributed by atoms with Gasteiger partial charge in [0.2, 0.25) is 0 Å². The topological polar surface area (TPSA) is 30.7 Å². The van der Waals surface area contributed by atoms with Crippen molar-refractivity contribution in [2.45, 2.75) is 13.8 Å². The minimum Gasteiger partial charge on any atom is -0.462 e. The summed E-state index contributed by atoms with van der Waals surface area (Å²) in [6, 6.07) is 7.71.